The van der Waals surface area contributed by atoms with Gasteiger partial charge in [-0.15, -0.1) is 0 Å². The van der Waals surface area contributed by atoms with Crippen molar-refractivity contribution >= 4 is 11.9 Å². The maximum atomic E-state index is 11.7. The molecule has 0 aliphatic carbocycles. The average molecular weight is 258 g/mol. The molecular weight excluding hydrogens is 232 g/mol. The Kier molecular flexibility index (Phi) is 8.37. The molecule has 106 valence electrons. The minimum atomic E-state index is -0.837. The Labute approximate surface area is 109 Å². The fourth-order valence-electron chi connectivity index (χ4n) is 1.92. The highest BCUT2D eigenvalue weighted by Gasteiger charge is 2.15. The summed E-state index contributed by atoms with van der Waals surface area (Å²) in [6.45, 7) is 6.94. The van der Waals surface area contributed by atoms with Gasteiger partial charge in [-0.3, -0.25) is 9.59 Å². The predicted molar refractivity (Wildman–Crippen MR) is 71.0 cm³/mol. The first kappa shape index (κ1) is 16.9. The van der Waals surface area contributed by atoms with Crippen LogP contribution in [0.2, 0.25) is 0 Å². The van der Waals surface area contributed by atoms with E-state index >= 15 is 0 Å². The Bertz CT molecular complexity index is 267. The monoisotopic (exact) mass is 258 g/mol. The van der Waals surface area contributed by atoms with Gasteiger partial charge in [0.05, 0.1) is 0 Å². The Morgan fingerprint density at radius 3 is 2.28 bits per heavy atom. The first-order chi connectivity index (χ1) is 8.35. The van der Waals surface area contributed by atoms with Crippen LogP contribution in [0.5, 0.6) is 0 Å². The minimum Gasteiger partial charge on any atom is -0.481 e. The smallest absolute Gasteiger partial charge is 0.303 e. The Balaban J connectivity index is 3.91. The van der Waals surface area contributed by atoms with Crippen molar-refractivity contribution in [2.75, 3.05) is 13.1 Å². The lowest BCUT2D eigenvalue weighted by Crippen LogP contribution is -2.32. The van der Waals surface area contributed by atoms with Crippen molar-refractivity contribution in [2.45, 2.75) is 40.0 Å². The lowest BCUT2D eigenvalue weighted by molar-refractivity contribution is -0.138. The molecule has 0 saturated heterocycles. The number of rotatable bonds is 9. The maximum absolute atomic E-state index is 11.7. The second-order valence-electron chi connectivity index (χ2n) is 5.44. The van der Waals surface area contributed by atoms with E-state index < -0.39 is 5.97 Å². The molecule has 1 unspecified atom stereocenters. The summed E-state index contributed by atoms with van der Waals surface area (Å²) < 4.78 is 0. The number of nitrogens with one attached hydrogen (secondary N) is 1. The molecule has 1 amide bonds. The van der Waals surface area contributed by atoms with Crippen LogP contribution in [-0.4, -0.2) is 30.1 Å². The van der Waals surface area contributed by atoms with Gasteiger partial charge in [-0.2, -0.15) is 0 Å². The van der Waals surface area contributed by atoms with Crippen LogP contribution in [0.1, 0.15) is 40.0 Å². The zero-order valence-corrected chi connectivity index (χ0v) is 11.6. The Morgan fingerprint density at radius 1 is 1.22 bits per heavy atom. The van der Waals surface area contributed by atoms with Crippen molar-refractivity contribution in [3.8, 4) is 0 Å². The standard InChI is InChI=1S/C13H26N2O3/c1-9(2)4-11(7-14)6-12(16)15-8-10(3)5-13(17)18/h9-11H,4-8,14H2,1-3H3,(H,15,16)(H,17,18)/t10?,11-/m0/s1. The van der Waals surface area contributed by atoms with Gasteiger partial charge in [0.25, 0.3) is 0 Å². The lowest BCUT2D eigenvalue weighted by Gasteiger charge is -2.17. The molecule has 0 spiro atoms. The number of nitrogens with two attached hydrogens (primary N) is 1. The second kappa shape index (κ2) is 8.91. The van der Waals surface area contributed by atoms with E-state index in [2.05, 4.69) is 19.2 Å². The number of carboxylic acid groups (broad SMARTS) is 1. The molecule has 2 atom stereocenters. The van der Waals surface area contributed by atoms with Gasteiger partial charge in [0.15, 0.2) is 0 Å². The first-order valence-electron chi connectivity index (χ1n) is 6.53. The second-order valence-corrected chi connectivity index (χ2v) is 5.44. The summed E-state index contributed by atoms with van der Waals surface area (Å²) in [4.78, 5) is 22.1. The lowest BCUT2D eigenvalue weighted by atomic mass is 9.94. The maximum Gasteiger partial charge on any atom is 0.303 e. The summed E-state index contributed by atoms with van der Waals surface area (Å²) in [7, 11) is 0. The molecule has 0 aromatic heterocycles. The van der Waals surface area contributed by atoms with E-state index in [0.29, 0.717) is 25.4 Å². The van der Waals surface area contributed by atoms with E-state index in [0.717, 1.165) is 6.42 Å². The average Bonchev–Trinajstić information content (AvgIpc) is 2.24. The molecule has 0 bridgehead atoms. The molecule has 0 heterocycles. The highest BCUT2D eigenvalue weighted by atomic mass is 16.4. The summed E-state index contributed by atoms with van der Waals surface area (Å²) in [6.07, 6.45) is 1.44. The van der Waals surface area contributed by atoms with Gasteiger partial charge in [0.2, 0.25) is 5.91 Å². The molecule has 0 aliphatic heterocycles. The van der Waals surface area contributed by atoms with Gasteiger partial charge in [0, 0.05) is 19.4 Å². The summed E-state index contributed by atoms with van der Waals surface area (Å²) >= 11 is 0. The molecule has 5 heteroatoms. The van der Waals surface area contributed by atoms with Crippen LogP contribution in [0.25, 0.3) is 0 Å². The van der Waals surface area contributed by atoms with Gasteiger partial charge in [-0.05, 0) is 30.7 Å². The van der Waals surface area contributed by atoms with Crippen LogP contribution < -0.4 is 11.1 Å². The summed E-state index contributed by atoms with van der Waals surface area (Å²) in [5.74, 6) is -0.190. The third-order valence-corrected chi connectivity index (χ3v) is 2.78. The van der Waals surface area contributed by atoms with Gasteiger partial charge < -0.3 is 16.2 Å². The van der Waals surface area contributed by atoms with Crippen molar-refractivity contribution in [1.29, 1.82) is 0 Å². The van der Waals surface area contributed by atoms with Crippen LogP contribution in [0.4, 0.5) is 0 Å². The van der Waals surface area contributed by atoms with Gasteiger partial charge in [0.1, 0.15) is 0 Å². The van der Waals surface area contributed by atoms with Crippen LogP contribution in [0, 0.1) is 17.8 Å². The molecule has 0 aromatic rings. The van der Waals surface area contributed by atoms with E-state index in [1.807, 2.05) is 6.92 Å². The molecule has 18 heavy (non-hydrogen) atoms. The van der Waals surface area contributed by atoms with Crippen molar-refractivity contribution in [3.63, 3.8) is 0 Å². The van der Waals surface area contributed by atoms with E-state index in [9.17, 15) is 9.59 Å². The predicted octanol–water partition coefficient (Wildman–Crippen LogP) is 1.22. The van der Waals surface area contributed by atoms with Crippen LogP contribution >= 0.6 is 0 Å². The number of carbonyl (C=O) groups is 2. The topological polar surface area (TPSA) is 92.4 Å². The van der Waals surface area contributed by atoms with Crippen molar-refractivity contribution in [2.24, 2.45) is 23.5 Å². The normalized spacial score (nSPS) is 14.3. The quantitative estimate of drug-likeness (QED) is 0.580. The SMILES string of the molecule is CC(C)C[C@H](CN)CC(=O)NCC(C)CC(=O)O. The summed E-state index contributed by atoms with van der Waals surface area (Å²) in [5, 5.41) is 11.4. The fourth-order valence-corrected chi connectivity index (χ4v) is 1.92. The van der Waals surface area contributed by atoms with Gasteiger partial charge >= 0.3 is 5.97 Å². The number of aliphatic carboxylic acids is 1. The Hall–Kier alpha value is -1.10. The summed E-state index contributed by atoms with van der Waals surface area (Å²) in [5.41, 5.74) is 5.63. The minimum absolute atomic E-state index is 0.0386. The molecule has 0 rings (SSSR count). The fraction of sp³-hybridized carbons (Fsp3) is 0.846. The molecule has 0 radical (unpaired) electrons. The highest BCUT2D eigenvalue weighted by molar-refractivity contribution is 5.76. The molecular formula is C13H26N2O3. The molecule has 0 saturated carbocycles. The number of amides is 1. The molecule has 0 fully saturated rings. The largest absolute Gasteiger partial charge is 0.481 e. The van der Waals surface area contributed by atoms with E-state index in [-0.39, 0.29) is 24.2 Å². The highest BCUT2D eigenvalue weighted by Crippen LogP contribution is 2.14. The number of hydrogen-bond donors (Lipinski definition) is 3. The van der Waals surface area contributed by atoms with Crippen LogP contribution in [0.15, 0.2) is 0 Å². The third-order valence-electron chi connectivity index (χ3n) is 2.78. The Morgan fingerprint density at radius 2 is 1.83 bits per heavy atom. The van der Waals surface area contributed by atoms with Crippen molar-refractivity contribution < 1.29 is 14.7 Å². The summed E-state index contributed by atoms with van der Waals surface area (Å²) in [6, 6.07) is 0. The zero-order valence-electron chi connectivity index (χ0n) is 11.6. The molecule has 0 aromatic carbocycles. The van der Waals surface area contributed by atoms with Crippen LogP contribution in [-0.2, 0) is 9.59 Å². The third kappa shape index (κ3) is 8.98. The van der Waals surface area contributed by atoms with Gasteiger partial charge in [-0.1, -0.05) is 20.8 Å². The first-order valence-corrected chi connectivity index (χ1v) is 6.53. The molecule has 4 N–H and O–H groups in total. The molecule has 0 aliphatic rings. The van der Waals surface area contributed by atoms with E-state index in [1.165, 1.54) is 0 Å². The van der Waals surface area contributed by atoms with E-state index in [1.54, 1.807) is 0 Å². The number of hydrogen-bond acceptors (Lipinski definition) is 3. The van der Waals surface area contributed by atoms with Crippen molar-refractivity contribution in [3.05, 3.63) is 0 Å². The molecule has 5 nitrogen and oxygen atoms in total. The van der Waals surface area contributed by atoms with Gasteiger partial charge in [-0.25, -0.2) is 0 Å². The zero-order chi connectivity index (χ0) is 14.1. The van der Waals surface area contributed by atoms with E-state index in [4.69, 9.17) is 10.8 Å². The van der Waals surface area contributed by atoms with Crippen molar-refractivity contribution in [1.82, 2.24) is 5.32 Å². The number of carbonyl (C=O) groups excluding carboxylic acids is 1. The van der Waals surface area contributed by atoms with Crippen LogP contribution in [0.3, 0.4) is 0 Å². The number of carboxylic acids is 1.